The Bertz CT molecular complexity index is 1500. The molecule has 3 aromatic carbocycles. The molecule has 1 fully saturated rings. The Morgan fingerprint density at radius 1 is 0.886 bits per heavy atom. The van der Waals surface area contributed by atoms with Gasteiger partial charge in [0, 0.05) is 5.56 Å². The van der Waals surface area contributed by atoms with E-state index in [1.165, 1.54) is 36.3 Å². The average molecular weight is 523 g/mol. The first kappa shape index (κ1) is 23.3. The number of methoxy groups -OCH3 is 1. The number of hydrogen-bond donors (Lipinski definition) is 0. The third-order valence-electron chi connectivity index (χ3n) is 5.65. The normalized spacial score (nSPS) is 17.8. The summed E-state index contributed by atoms with van der Waals surface area (Å²) in [6, 6.07) is 21.7. The number of thioether (sulfide) groups is 1. The van der Waals surface area contributed by atoms with E-state index in [4.69, 9.17) is 17.0 Å². The molecule has 35 heavy (non-hydrogen) atoms. The summed E-state index contributed by atoms with van der Waals surface area (Å²) in [5, 5.41) is 0. The summed E-state index contributed by atoms with van der Waals surface area (Å²) in [4.78, 5) is 28.5. The first-order valence-electron chi connectivity index (χ1n) is 10.5. The minimum atomic E-state index is -4.25. The van der Waals surface area contributed by atoms with E-state index in [1.807, 2.05) is 30.3 Å². The van der Waals surface area contributed by atoms with Crippen LogP contribution in [0, 0.1) is 0 Å². The van der Waals surface area contributed by atoms with Gasteiger partial charge in [-0.05, 0) is 35.9 Å². The molecule has 2 heterocycles. The number of rotatable bonds is 5. The lowest BCUT2D eigenvalue weighted by Crippen LogP contribution is -2.34. The summed E-state index contributed by atoms with van der Waals surface area (Å²) in [7, 11) is -2.78. The molecule has 0 saturated carbocycles. The number of para-hydroxylation sites is 1. The van der Waals surface area contributed by atoms with Crippen molar-refractivity contribution in [2.45, 2.75) is 11.4 Å². The summed E-state index contributed by atoms with van der Waals surface area (Å²) in [5.41, 5.74) is 1.48. The van der Waals surface area contributed by atoms with E-state index >= 15 is 0 Å². The number of carbonyl (C=O) groups is 2. The Labute approximate surface area is 212 Å². The Morgan fingerprint density at radius 2 is 1.54 bits per heavy atom. The molecule has 2 aliphatic rings. The van der Waals surface area contributed by atoms with Gasteiger partial charge in [-0.3, -0.25) is 14.5 Å². The highest BCUT2D eigenvalue weighted by atomic mass is 32.2. The van der Waals surface area contributed by atoms with Crippen LogP contribution in [-0.2, 0) is 26.2 Å². The Hall–Kier alpha value is -3.47. The summed E-state index contributed by atoms with van der Waals surface area (Å²) >= 11 is 6.46. The van der Waals surface area contributed by atoms with Gasteiger partial charge in [0.25, 0.3) is 21.8 Å². The van der Waals surface area contributed by atoms with Crippen molar-refractivity contribution in [3.8, 4) is 5.75 Å². The molecule has 0 radical (unpaired) electrons. The molecule has 0 atom stereocenters. The van der Waals surface area contributed by atoms with Crippen LogP contribution in [-0.4, -0.2) is 36.6 Å². The van der Waals surface area contributed by atoms with Gasteiger partial charge in [-0.2, -0.15) is 4.31 Å². The Kier molecular flexibility index (Phi) is 5.96. The van der Waals surface area contributed by atoms with Crippen LogP contribution in [0.15, 0.2) is 88.7 Å². The topological polar surface area (TPSA) is 84.0 Å². The second kappa shape index (κ2) is 8.95. The lowest BCUT2D eigenvalue weighted by Gasteiger charge is -2.17. The van der Waals surface area contributed by atoms with Gasteiger partial charge in [-0.15, -0.1) is 0 Å². The summed E-state index contributed by atoms with van der Waals surface area (Å²) in [6.45, 7) is 0.256. The number of thiocarbonyl (C=S) groups is 1. The molecule has 1 saturated heterocycles. The summed E-state index contributed by atoms with van der Waals surface area (Å²) in [6.07, 6.45) is 0. The molecular weight excluding hydrogens is 504 g/mol. The average Bonchev–Trinajstić information content (AvgIpc) is 3.32. The maximum atomic E-state index is 13.6. The SMILES string of the molecule is COc1ccc(S(=O)(=O)N2C(=O)/C(=C3\SC(=S)N(Cc4ccccc4)C3=O)c3ccccc32)cc1. The second-order valence-corrected chi connectivity index (χ2v) is 11.1. The van der Waals surface area contributed by atoms with Crippen LogP contribution >= 0.6 is 24.0 Å². The zero-order valence-corrected chi connectivity index (χ0v) is 20.8. The zero-order valence-electron chi connectivity index (χ0n) is 18.4. The highest BCUT2D eigenvalue weighted by molar-refractivity contribution is 8.26. The molecule has 7 nitrogen and oxygen atoms in total. The monoisotopic (exact) mass is 522 g/mol. The molecule has 176 valence electrons. The summed E-state index contributed by atoms with van der Waals surface area (Å²) in [5.74, 6) is -0.729. The molecule has 2 amide bonds. The van der Waals surface area contributed by atoms with Crippen molar-refractivity contribution in [1.29, 1.82) is 0 Å². The third-order valence-corrected chi connectivity index (χ3v) is 8.81. The summed E-state index contributed by atoms with van der Waals surface area (Å²) < 4.78 is 33.2. The van der Waals surface area contributed by atoms with Gasteiger partial charge in [-0.25, -0.2) is 8.42 Å². The van der Waals surface area contributed by atoms with Crippen molar-refractivity contribution in [2.75, 3.05) is 11.4 Å². The highest BCUT2D eigenvalue weighted by Crippen LogP contribution is 2.46. The van der Waals surface area contributed by atoms with Gasteiger partial charge in [0.15, 0.2) is 0 Å². The van der Waals surface area contributed by atoms with Crippen molar-refractivity contribution >= 4 is 61.4 Å². The number of anilines is 1. The molecule has 0 unspecified atom stereocenters. The van der Waals surface area contributed by atoms with Crippen LogP contribution in [0.5, 0.6) is 5.75 Å². The standard InChI is InChI=1S/C25H18N2O5S3/c1-32-17-11-13-18(14-12-17)35(30,31)27-20-10-6-5-9-19(20)21(23(27)28)22-24(29)26(25(33)34-22)15-16-7-3-2-4-8-16/h2-14H,15H2,1H3/b22-21-. The predicted molar refractivity (Wildman–Crippen MR) is 138 cm³/mol. The minimum absolute atomic E-state index is 0.0330. The molecular formula is C25H18N2O5S3. The maximum Gasteiger partial charge on any atom is 0.274 e. The molecule has 2 aliphatic heterocycles. The van der Waals surface area contributed by atoms with Gasteiger partial charge >= 0.3 is 0 Å². The fraction of sp³-hybridized carbons (Fsp3) is 0.0800. The highest BCUT2D eigenvalue weighted by Gasteiger charge is 2.46. The van der Waals surface area contributed by atoms with Crippen molar-refractivity contribution < 1.29 is 22.7 Å². The molecule has 10 heteroatoms. The van der Waals surface area contributed by atoms with Crippen LogP contribution in [0.1, 0.15) is 11.1 Å². The van der Waals surface area contributed by atoms with E-state index in [9.17, 15) is 18.0 Å². The smallest absolute Gasteiger partial charge is 0.274 e. The number of fused-ring (bicyclic) bond motifs is 1. The third kappa shape index (κ3) is 3.93. The van der Waals surface area contributed by atoms with Crippen LogP contribution in [0.2, 0.25) is 0 Å². The largest absolute Gasteiger partial charge is 0.497 e. The molecule has 0 spiro atoms. The van der Waals surface area contributed by atoms with Gasteiger partial charge in [0.1, 0.15) is 10.1 Å². The molecule has 3 aromatic rings. The van der Waals surface area contributed by atoms with Crippen molar-refractivity contribution in [3.63, 3.8) is 0 Å². The molecule has 5 rings (SSSR count). The van der Waals surface area contributed by atoms with Gasteiger partial charge in [0.05, 0.1) is 34.7 Å². The predicted octanol–water partition coefficient (Wildman–Crippen LogP) is 4.20. The number of nitrogens with zero attached hydrogens (tertiary/aromatic N) is 2. The van der Waals surface area contributed by atoms with Crippen LogP contribution in [0.25, 0.3) is 5.57 Å². The number of sulfonamides is 1. The lowest BCUT2D eigenvalue weighted by molar-refractivity contribution is -0.122. The quantitative estimate of drug-likeness (QED) is 0.367. The van der Waals surface area contributed by atoms with Crippen molar-refractivity contribution in [2.24, 2.45) is 0 Å². The van der Waals surface area contributed by atoms with E-state index in [0.717, 1.165) is 21.6 Å². The zero-order chi connectivity index (χ0) is 24.7. The first-order chi connectivity index (χ1) is 16.8. The van der Waals surface area contributed by atoms with E-state index in [1.54, 1.807) is 24.3 Å². The van der Waals surface area contributed by atoms with Crippen LogP contribution < -0.4 is 9.04 Å². The van der Waals surface area contributed by atoms with Gasteiger partial charge in [0.2, 0.25) is 0 Å². The fourth-order valence-corrected chi connectivity index (χ4v) is 6.70. The minimum Gasteiger partial charge on any atom is -0.497 e. The number of carbonyl (C=O) groups excluding carboxylic acids is 2. The van der Waals surface area contributed by atoms with Crippen LogP contribution in [0.3, 0.4) is 0 Å². The number of ether oxygens (including phenoxy) is 1. The number of amides is 2. The van der Waals surface area contributed by atoms with E-state index in [2.05, 4.69) is 0 Å². The van der Waals surface area contributed by atoms with Crippen LogP contribution in [0.4, 0.5) is 5.69 Å². The lowest BCUT2D eigenvalue weighted by atomic mass is 10.1. The fourth-order valence-electron chi connectivity index (χ4n) is 3.95. The number of benzene rings is 3. The van der Waals surface area contributed by atoms with Gasteiger partial charge in [-0.1, -0.05) is 72.5 Å². The molecule has 0 N–H and O–H groups in total. The Morgan fingerprint density at radius 3 is 2.23 bits per heavy atom. The maximum absolute atomic E-state index is 13.6. The molecule has 0 aromatic heterocycles. The molecule has 0 aliphatic carbocycles. The van der Waals surface area contributed by atoms with Crippen molar-refractivity contribution in [1.82, 2.24) is 4.90 Å². The van der Waals surface area contributed by atoms with E-state index in [-0.39, 0.29) is 27.6 Å². The van der Waals surface area contributed by atoms with E-state index < -0.39 is 21.8 Å². The van der Waals surface area contributed by atoms with Gasteiger partial charge < -0.3 is 4.74 Å². The first-order valence-corrected chi connectivity index (χ1v) is 13.1. The second-order valence-electron chi connectivity index (χ2n) is 7.72. The molecule has 0 bridgehead atoms. The van der Waals surface area contributed by atoms with Crippen molar-refractivity contribution in [3.05, 3.63) is 94.9 Å². The Balaban J connectivity index is 1.58. The van der Waals surface area contributed by atoms with E-state index in [0.29, 0.717) is 15.6 Å². The number of hydrogen-bond acceptors (Lipinski definition) is 7.